The summed E-state index contributed by atoms with van der Waals surface area (Å²) in [5.41, 5.74) is 10.8. The molecule has 224 valence electrons. The minimum absolute atomic E-state index is 0.0473. The summed E-state index contributed by atoms with van der Waals surface area (Å²) >= 11 is 0. The molecule has 1 aliphatic heterocycles. The van der Waals surface area contributed by atoms with E-state index in [9.17, 15) is 17.6 Å². The summed E-state index contributed by atoms with van der Waals surface area (Å²) in [6.07, 6.45) is 0.957. The molecule has 0 radical (unpaired) electrons. The molecule has 3 N–H and O–H groups in total. The highest BCUT2D eigenvalue weighted by Gasteiger charge is 2.30. The Morgan fingerprint density at radius 3 is 2.61 bits per heavy atom. The van der Waals surface area contributed by atoms with Crippen LogP contribution in [0.15, 0.2) is 77.8 Å². The highest BCUT2D eigenvalue weighted by atomic mass is 32.2. The second-order valence-corrected chi connectivity index (χ2v) is 13.1. The van der Waals surface area contributed by atoms with Crippen molar-refractivity contribution in [1.82, 2.24) is 28.6 Å². The zero-order chi connectivity index (χ0) is 30.7. The van der Waals surface area contributed by atoms with Gasteiger partial charge in [0.05, 0.1) is 38.9 Å². The van der Waals surface area contributed by atoms with Crippen molar-refractivity contribution >= 4 is 43.6 Å². The second kappa shape index (κ2) is 10.4. The first-order valence-corrected chi connectivity index (χ1v) is 15.7. The van der Waals surface area contributed by atoms with Crippen LogP contribution in [0.25, 0.3) is 27.6 Å². The Labute approximate surface area is 253 Å². The lowest BCUT2D eigenvalue weighted by Crippen LogP contribution is -2.21. The van der Waals surface area contributed by atoms with E-state index in [1.807, 2.05) is 43.0 Å². The Hall–Kier alpha value is -4.81. The number of aryl methyl sites for hydroxylation is 2. The number of H-pyrrole nitrogens is 1. The van der Waals surface area contributed by atoms with E-state index < -0.39 is 22.0 Å². The third-order valence-corrected chi connectivity index (χ3v) is 9.86. The maximum absolute atomic E-state index is 14.2. The van der Waals surface area contributed by atoms with Crippen molar-refractivity contribution in [3.63, 3.8) is 0 Å². The lowest BCUT2D eigenvalue weighted by Gasteiger charge is -2.16. The van der Waals surface area contributed by atoms with Crippen LogP contribution in [-0.2, 0) is 16.6 Å². The molecule has 7 rings (SSSR count). The van der Waals surface area contributed by atoms with Crippen LogP contribution in [0.3, 0.4) is 0 Å². The molecule has 3 aromatic carbocycles. The molecule has 6 aromatic rings. The number of hydrogen-bond donors (Lipinski definition) is 2. The molecule has 12 heteroatoms. The van der Waals surface area contributed by atoms with Gasteiger partial charge in [0.2, 0.25) is 5.78 Å². The molecule has 1 atom stereocenters. The lowest BCUT2D eigenvalue weighted by atomic mass is 10.1. The summed E-state index contributed by atoms with van der Waals surface area (Å²) in [5.74, 6) is 0.250. The van der Waals surface area contributed by atoms with Gasteiger partial charge in [0.25, 0.3) is 10.0 Å². The summed E-state index contributed by atoms with van der Waals surface area (Å²) in [5, 5.41) is 4.95. The molecular formula is C32H30FN7O3S. The molecule has 1 saturated heterocycles. The van der Waals surface area contributed by atoms with Crippen LogP contribution in [0, 0.1) is 13.8 Å². The Morgan fingerprint density at radius 1 is 1.07 bits per heavy atom. The Bertz CT molecular complexity index is 2180. The number of anilines is 1. The van der Waals surface area contributed by atoms with Gasteiger partial charge in [-0.2, -0.15) is 5.10 Å². The quantitative estimate of drug-likeness (QED) is 0.245. The number of alkyl halides is 1. The first-order valence-electron chi connectivity index (χ1n) is 14.3. The third-order valence-electron chi connectivity index (χ3n) is 8.12. The van der Waals surface area contributed by atoms with Gasteiger partial charge < -0.3 is 10.7 Å². The van der Waals surface area contributed by atoms with Gasteiger partial charge in [0.15, 0.2) is 0 Å². The van der Waals surface area contributed by atoms with Crippen molar-refractivity contribution in [2.45, 2.75) is 37.9 Å². The van der Waals surface area contributed by atoms with Crippen molar-refractivity contribution in [3.8, 4) is 5.69 Å². The van der Waals surface area contributed by atoms with Crippen molar-refractivity contribution in [2.75, 3.05) is 18.8 Å². The van der Waals surface area contributed by atoms with Crippen LogP contribution in [0.4, 0.5) is 10.2 Å². The molecule has 1 fully saturated rings. The van der Waals surface area contributed by atoms with E-state index in [-0.39, 0.29) is 22.0 Å². The molecular weight excluding hydrogens is 581 g/mol. The van der Waals surface area contributed by atoms with Crippen LogP contribution >= 0.6 is 0 Å². The number of hydrogen-bond acceptors (Lipinski definition) is 7. The number of nitrogens with two attached hydrogens (primary N) is 1. The van der Waals surface area contributed by atoms with Crippen LogP contribution in [0.1, 0.15) is 39.4 Å². The summed E-state index contributed by atoms with van der Waals surface area (Å²) in [4.78, 5) is 23.8. The van der Waals surface area contributed by atoms with Gasteiger partial charge in [-0.1, -0.05) is 29.8 Å². The molecule has 0 amide bonds. The number of aromatic amines is 1. The molecule has 44 heavy (non-hydrogen) atoms. The van der Waals surface area contributed by atoms with Crippen molar-refractivity contribution < 1.29 is 17.6 Å². The Kier molecular flexibility index (Phi) is 6.63. The molecule has 0 unspecified atom stereocenters. The predicted molar refractivity (Wildman–Crippen MR) is 166 cm³/mol. The van der Waals surface area contributed by atoms with Gasteiger partial charge in [-0.3, -0.25) is 9.69 Å². The minimum Gasteiger partial charge on any atom is -0.383 e. The zero-order valence-corrected chi connectivity index (χ0v) is 25.0. The molecule has 0 bridgehead atoms. The number of likely N-dealkylation sites (tertiary alicyclic amines) is 1. The van der Waals surface area contributed by atoms with Crippen LogP contribution < -0.4 is 5.73 Å². The maximum atomic E-state index is 14.2. The predicted octanol–water partition coefficient (Wildman–Crippen LogP) is 4.91. The van der Waals surface area contributed by atoms with E-state index >= 15 is 0 Å². The number of halogens is 1. The van der Waals surface area contributed by atoms with E-state index in [1.165, 1.54) is 23.0 Å². The number of rotatable bonds is 7. The number of imidazole rings is 1. The van der Waals surface area contributed by atoms with E-state index in [2.05, 4.69) is 15.1 Å². The van der Waals surface area contributed by atoms with E-state index in [4.69, 9.17) is 5.73 Å². The fraction of sp³-hybridized carbons (Fsp3) is 0.219. The van der Waals surface area contributed by atoms with Crippen LogP contribution in [-0.4, -0.2) is 62.1 Å². The standard InChI is InChI=1S/C32H30FN7O3S/c1-19-3-8-25(9-4-19)44(42,43)40-29-13-21(17-38-12-11-23(33)18-38)5-6-22(29)14-30(40)31(41)26-16-35-39(32(26)34)24-7-10-27-28(15-24)37-20(2)36-27/h3-10,13-16,23H,11-12,17-18,34H2,1-2H3,(H,36,37)/t23-/m1/s1. The Morgan fingerprint density at radius 2 is 1.86 bits per heavy atom. The number of nitrogens with zero attached hydrogens (tertiary/aromatic N) is 5. The Balaban J connectivity index is 1.34. The zero-order valence-electron chi connectivity index (χ0n) is 24.2. The van der Waals surface area contributed by atoms with Gasteiger partial charge in [-0.25, -0.2) is 26.4 Å². The van der Waals surface area contributed by atoms with Crippen molar-refractivity contribution in [3.05, 3.63) is 101 Å². The number of carbonyl (C=O) groups excluding carboxylic acids is 1. The van der Waals surface area contributed by atoms with E-state index in [0.29, 0.717) is 42.6 Å². The molecule has 10 nitrogen and oxygen atoms in total. The number of carbonyl (C=O) groups is 1. The van der Waals surface area contributed by atoms with E-state index in [1.54, 1.807) is 30.3 Å². The van der Waals surface area contributed by atoms with Crippen LogP contribution in [0.2, 0.25) is 0 Å². The molecule has 3 aromatic heterocycles. The number of benzene rings is 3. The normalized spacial score (nSPS) is 15.9. The van der Waals surface area contributed by atoms with Gasteiger partial charge in [-0.05, 0) is 68.3 Å². The lowest BCUT2D eigenvalue weighted by molar-refractivity contribution is 0.103. The SMILES string of the molecule is Cc1ccc(S(=O)(=O)n2c(C(=O)c3cnn(-c4ccc5[nH]c(C)nc5c4)c3N)cc3ccc(CN4CC[C@@H](F)C4)cc32)cc1. The van der Waals surface area contributed by atoms with Crippen LogP contribution in [0.5, 0.6) is 0 Å². The fourth-order valence-electron chi connectivity index (χ4n) is 5.87. The number of ketones is 1. The number of nitrogens with one attached hydrogen (secondary N) is 1. The second-order valence-electron chi connectivity index (χ2n) is 11.3. The van der Waals surface area contributed by atoms with Crippen molar-refractivity contribution in [2.24, 2.45) is 0 Å². The maximum Gasteiger partial charge on any atom is 0.268 e. The summed E-state index contributed by atoms with van der Waals surface area (Å²) in [7, 11) is -4.21. The average molecular weight is 612 g/mol. The smallest absolute Gasteiger partial charge is 0.268 e. The number of aromatic nitrogens is 5. The number of nitrogen functional groups attached to an aromatic ring is 1. The molecule has 1 aliphatic rings. The van der Waals surface area contributed by atoms with Gasteiger partial charge >= 0.3 is 0 Å². The number of fused-ring (bicyclic) bond motifs is 2. The fourth-order valence-corrected chi connectivity index (χ4v) is 7.37. The molecule has 0 saturated carbocycles. The molecule has 4 heterocycles. The minimum atomic E-state index is -4.21. The first kappa shape index (κ1) is 28.0. The summed E-state index contributed by atoms with van der Waals surface area (Å²) < 4.78 is 44.8. The van der Waals surface area contributed by atoms with Gasteiger partial charge in [0, 0.05) is 25.0 Å². The topological polar surface area (TPSA) is 132 Å². The highest BCUT2D eigenvalue weighted by molar-refractivity contribution is 7.90. The first-order chi connectivity index (χ1) is 21.1. The van der Waals surface area contributed by atoms with E-state index in [0.717, 1.165) is 32.0 Å². The van der Waals surface area contributed by atoms with Gasteiger partial charge in [0.1, 0.15) is 23.5 Å². The molecule has 0 spiro atoms. The third kappa shape index (κ3) is 4.76. The van der Waals surface area contributed by atoms with Crippen molar-refractivity contribution in [1.29, 1.82) is 0 Å². The molecule has 0 aliphatic carbocycles. The summed E-state index contributed by atoms with van der Waals surface area (Å²) in [6.45, 7) is 5.16. The average Bonchev–Trinajstić information content (AvgIpc) is 3.77. The monoisotopic (exact) mass is 611 g/mol. The van der Waals surface area contributed by atoms with Gasteiger partial charge in [-0.15, -0.1) is 0 Å². The summed E-state index contributed by atoms with van der Waals surface area (Å²) in [6, 6.07) is 19.0. The highest BCUT2D eigenvalue weighted by Crippen LogP contribution is 2.31. The largest absolute Gasteiger partial charge is 0.383 e.